The second kappa shape index (κ2) is 3.64. The Labute approximate surface area is 96.5 Å². The molecule has 0 saturated heterocycles. The molecule has 2 aliphatic rings. The highest BCUT2D eigenvalue weighted by molar-refractivity contribution is 5.37. The Morgan fingerprint density at radius 2 is 2.00 bits per heavy atom. The summed E-state index contributed by atoms with van der Waals surface area (Å²) < 4.78 is 0. The molecule has 1 aromatic carbocycles. The fourth-order valence-electron chi connectivity index (χ4n) is 3.16. The van der Waals surface area contributed by atoms with Gasteiger partial charge in [-0.15, -0.1) is 0 Å². The van der Waals surface area contributed by atoms with E-state index in [0.717, 1.165) is 24.3 Å². The third-order valence-electron chi connectivity index (χ3n) is 4.01. The van der Waals surface area contributed by atoms with Gasteiger partial charge < -0.3 is 5.11 Å². The molecule has 0 radical (unpaired) electrons. The lowest BCUT2D eigenvalue weighted by atomic mass is 9.84. The first-order chi connectivity index (χ1) is 7.76. The monoisotopic (exact) mass is 212 g/mol. The summed E-state index contributed by atoms with van der Waals surface area (Å²) >= 11 is 0. The highest BCUT2D eigenvalue weighted by Crippen LogP contribution is 2.50. The van der Waals surface area contributed by atoms with E-state index in [9.17, 15) is 5.11 Å². The van der Waals surface area contributed by atoms with Crippen LogP contribution in [0.4, 0.5) is 0 Å². The lowest BCUT2D eigenvalue weighted by Crippen LogP contribution is -2.33. The highest BCUT2D eigenvalue weighted by atomic mass is 16.3. The van der Waals surface area contributed by atoms with E-state index in [0.29, 0.717) is 5.92 Å². The quantitative estimate of drug-likeness (QED) is 0.655. The molecule has 0 amide bonds. The standard InChI is InChI=1S/C15H16O/c16-15(11-13-6-7-14(15)10-13)9-8-12-4-2-1-3-5-12/h1-5,13-14,16H,6-7,10-11H2/t13-,14+,15-/m0/s1. The number of hydrogen-bond donors (Lipinski definition) is 1. The third kappa shape index (κ3) is 1.64. The summed E-state index contributed by atoms with van der Waals surface area (Å²) in [5, 5.41) is 10.5. The molecule has 16 heavy (non-hydrogen) atoms. The molecule has 0 heterocycles. The minimum absolute atomic E-state index is 0.425. The maximum Gasteiger partial charge on any atom is 0.128 e. The van der Waals surface area contributed by atoms with E-state index in [1.54, 1.807) is 0 Å². The Balaban J connectivity index is 1.83. The molecule has 1 heteroatoms. The second-order valence-electron chi connectivity index (χ2n) is 5.12. The predicted molar refractivity (Wildman–Crippen MR) is 63.7 cm³/mol. The van der Waals surface area contributed by atoms with Crippen molar-refractivity contribution in [1.82, 2.24) is 0 Å². The van der Waals surface area contributed by atoms with E-state index in [2.05, 4.69) is 11.8 Å². The third-order valence-corrected chi connectivity index (χ3v) is 4.01. The molecular formula is C15H16O. The van der Waals surface area contributed by atoms with Gasteiger partial charge in [-0.2, -0.15) is 0 Å². The van der Waals surface area contributed by atoms with Crippen molar-refractivity contribution in [3.05, 3.63) is 35.9 Å². The van der Waals surface area contributed by atoms with E-state index in [-0.39, 0.29) is 0 Å². The molecule has 2 saturated carbocycles. The molecule has 82 valence electrons. The zero-order valence-electron chi connectivity index (χ0n) is 9.32. The Morgan fingerprint density at radius 3 is 2.62 bits per heavy atom. The van der Waals surface area contributed by atoms with Gasteiger partial charge in [0, 0.05) is 5.56 Å². The fourth-order valence-corrected chi connectivity index (χ4v) is 3.16. The molecular weight excluding hydrogens is 196 g/mol. The van der Waals surface area contributed by atoms with Crippen molar-refractivity contribution in [2.24, 2.45) is 11.8 Å². The SMILES string of the molecule is O[C@@]1(C#Cc2ccccc2)C[C@H]2CC[C@@H]1C2. The summed E-state index contributed by atoms with van der Waals surface area (Å²) in [6.45, 7) is 0. The van der Waals surface area contributed by atoms with Crippen LogP contribution in [0.1, 0.15) is 31.2 Å². The van der Waals surface area contributed by atoms with Crippen LogP contribution in [0.5, 0.6) is 0 Å². The van der Waals surface area contributed by atoms with Crippen LogP contribution < -0.4 is 0 Å². The van der Waals surface area contributed by atoms with Crippen LogP contribution >= 0.6 is 0 Å². The molecule has 0 unspecified atom stereocenters. The largest absolute Gasteiger partial charge is 0.377 e. The average Bonchev–Trinajstić information content (AvgIpc) is 2.88. The van der Waals surface area contributed by atoms with E-state index < -0.39 is 5.60 Å². The molecule has 2 aliphatic carbocycles. The molecule has 0 aliphatic heterocycles. The number of rotatable bonds is 0. The highest BCUT2D eigenvalue weighted by Gasteiger charge is 2.48. The van der Waals surface area contributed by atoms with Crippen LogP contribution in [0.25, 0.3) is 0 Å². The Morgan fingerprint density at radius 1 is 1.19 bits per heavy atom. The van der Waals surface area contributed by atoms with Crippen LogP contribution in [0.15, 0.2) is 30.3 Å². The smallest absolute Gasteiger partial charge is 0.128 e. The lowest BCUT2D eigenvalue weighted by Gasteiger charge is -2.26. The molecule has 2 fully saturated rings. The van der Waals surface area contributed by atoms with Gasteiger partial charge >= 0.3 is 0 Å². The summed E-state index contributed by atoms with van der Waals surface area (Å²) in [6, 6.07) is 9.92. The van der Waals surface area contributed by atoms with Crippen LogP contribution in [0, 0.1) is 23.7 Å². The number of aliphatic hydroxyl groups is 1. The first kappa shape index (κ1) is 9.93. The van der Waals surface area contributed by atoms with Crippen molar-refractivity contribution in [3.8, 4) is 11.8 Å². The maximum absolute atomic E-state index is 10.5. The first-order valence-corrected chi connectivity index (χ1v) is 6.07. The van der Waals surface area contributed by atoms with Gasteiger partial charge in [-0.3, -0.25) is 0 Å². The van der Waals surface area contributed by atoms with E-state index in [1.807, 2.05) is 30.3 Å². The van der Waals surface area contributed by atoms with Gasteiger partial charge in [-0.1, -0.05) is 30.0 Å². The summed E-state index contributed by atoms with van der Waals surface area (Å²) in [4.78, 5) is 0. The summed E-state index contributed by atoms with van der Waals surface area (Å²) in [5.41, 5.74) is 0.303. The maximum atomic E-state index is 10.5. The van der Waals surface area contributed by atoms with Crippen LogP contribution in [0.3, 0.4) is 0 Å². The normalized spacial score (nSPS) is 35.8. The second-order valence-corrected chi connectivity index (χ2v) is 5.12. The minimum atomic E-state index is -0.696. The van der Waals surface area contributed by atoms with E-state index in [1.165, 1.54) is 12.8 Å². The molecule has 1 N–H and O–H groups in total. The zero-order valence-corrected chi connectivity index (χ0v) is 9.32. The van der Waals surface area contributed by atoms with Gasteiger partial charge in [-0.25, -0.2) is 0 Å². The Hall–Kier alpha value is -1.26. The number of fused-ring (bicyclic) bond motifs is 2. The average molecular weight is 212 g/mol. The Kier molecular flexibility index (Phi) is 2.26. The number of benzene rings is 1. The van der Waals surface area contributed by atoms with Crippen LogP contribution in [-0.4, -0.2) is 10.7 Å². The van der Waals surface area contributed by atoms with Crippen molar-refractivity contribution in [2.75, 3.05) is 0 Å². The summed E-state index contributed by atoms with van der Waals surface area (Å²) in [7, 11) is 0. The van der Waals surface area contributed by atoms with Gasteiger partial charge in [0.2, 0.25) is 0 Å². The van der Waals surface area contributed by atoms with Crippen molar-refractivity contribution in [1.29, 1.82) is 0 Å². The molecule has 0 spiro atoms. The zero-order chi connectivity index (χ0) is 11.0. The molecule has 0 aromatic heterocycles. The fraction of sp³-hybridized carbons (Fsp3) is 0.467. The molecule has 3 atom stereocenters. The van der Waals surface area contributed by atoms with Crippen molar-refractivity contribution in [3.63, 3.8) is 0 Å². The van der Waals surface area contributed by atoms with Crippen molar-refractivity contribution in [2.45, 2.75) is 31.3 Å². The Bertz CT molecular complexity index is 439. The van der Waals surface area contributed by atoms with E-state index in [4.69, 9.17) is 0 Å². The van der Waals surface area contributed by atoms with E-state index >= 15 is 0 Å². The summed E-state index contributed by atoms with van der Waals surface area (Å²) in [5.74, 6) is 7.37. The predicted octanol–water partition coefficient (Wildman–Crippen LogP) is 2.59. The van der Waals surface area contributed by atoms with Crippen LogP contribution in [0.2, 0.25) is 0 Å². The van der Waals surface area contributed by atoms with Gasteiger partial charge in [0.05, 0.1) is 0 Å². The number of hydrogen-bond acceptors (Lipinski definition) is 1. The summed E-state index contributed by atoms with van der Waals surface area (Å²) in [6.07, 6.45) is 4.52. The topological polar surface area (TPSA) is 20.2 Å². The molecule has 3 rings (SSSR count). The first-order valence-electron chi connectivity index (χ1n) is 6.07. The van der Waals surface area contributed by atoms with Crippen molar-refractivity contribution >= 4 is 0 Å². The van der Waals surface area contributed by atoms with Gasteiger partial charge in [0.1, 0.15) is 5.60 Å². The molecule has 1 nitrogen and oxygen atoms in total. The minimum Gasteiger partial charge on any atom is -0.377 e. The van der Waals surface area contributed by atoms with Gasteiger partial charge in [0.25, 0.3) is 0 Å². The molecule has 2 bridgehead atoms. The molecule has 1 aromatic rings. The van der Waals surface area contributed by atoms with Gasteiger partial charge in [0.15, 0.2) is 0 Å². The van der Waals surface area contributed by atoms with Crippen LogP contribution in [-0.2, 0) is 0 Å². The lowest BCUT2D eigenvalue weighted by molar-refractivity contribution is 0.0438. The van der Waals surface area contributed by atoms with Crippen molar-refractivity contribution < 1.29 is 5.11 Å². The van der Waals surface area contributed by atoms with Gasteiger partial charge in [-0.05, 0) is 49.7 Å².